The molecule has 6 nitrogen and oxygen atoms in total. The van der Waals surface area contributed by atoms with Gasteiger partial charge in [0.1, 0.15) is 0 Å². The first-order valence-electron chi connectivity index (χ1n) is 8.46. The maximum Gasteiger partial charge on any atom is 0.180 e. The number of nitrogens with zero attached hydrogens (tertiary/aromatic N) is 4. The molecule has 3 aromatic heterocycles. The number of aryl methyl sites for hydroxylation is 2. The number of nitrogens with one attached hydrogen (secondary N) is 2. The average Bonchev–Trinajstić information content (AvgIpc) is 3.05. The van der Waals surface area contributed by atoms with Crippen molar-refractivity contribution in [3.05, 3.63) is 66.4 Å². The van der Waals surface area contributed by atoms with Crippen molar-refractivity contribution < 1.29 is 0 Å². The van der Waals surface area contributed by atoms with Crippen LogP contribution in [-0.4, -0.2) is 26.4 Å². The predicted octanol–water partition coefficient (Wildman–Crippen LogP) is 4.19. The molecule has 0 saturated carbocycles. The smallest absolute Gasteiger partial charge is 0.180 e. The standard InChI is InChI=1S/C20H20N6/c1-13-6-7-16(21-3)9-17(13)24-19-20-23-10-14(2)26(20)12-18(25-19)15-5-4-8-22-11-15/h4-12,21H,1-3H3,(H,24,25). The molecule has 4 aromatic rings. The number of benzene rings is 1. The summed E-state index contributed by atoms with van der Waals surface area (Å²) in [6.45, 7) is 4.10. The number of imidazole rings is 1. The Labute approximate surface area is 152 Å². The number of aromatic nitrogens is 4. The summed E-state index contributed by atoms with van der Waals surface area (Å²) in [4.78, 5) is 13.6. The summed E-state index contributed by atoms with van der Waals surface area (Å²) in [5.41, 5.74) is 6.83. The van der Waals surface area contributed by atoms with Crippen LogP contribution in [0.15, 0.2) is 55.1 Å². The summed E-state index contributed by atoms with van der Waals surface area (Å²) < 4.78 is 2.05. The van der Waals surface area contributed by atoms with Gasteiger partial charge in [0.15, 0.2) is 11.5 Å². The minimum Gasteiger partial charge on any atom is -0.388 e. The molecule has 6 heteroatoms. The van der Waals surface area contributed by atoms with Crippen molar-refractivity contribution >= 4 is 22.8 Å². The van der Waals surface area contributed by atoms with Gasteiger partial charge in [0, 0.05) is 54.5 Å². The van der Waals surface area contributed by atoms with Crippen molar-refractivity contribution in [2.45, 2.75) is 13.8 Å². The van der Waals surface area contributed by atoms with Gasteiger partial charge in [-0.2, -0.15) is 0 Å². The molecule has 2 N–H and O–H groups in total. The third-order valence-electron chi connectivity index (χ3n) is 4.41. The molecule has 0 atom stereocenters. The lowest BCUT2D eigenvalue weighted by Crippen LogP contribution is -2.03. The molecule has 0 fully saturated rings. The summed E-state index contributed by atoms with van der Waals surface area (Å²) in [5.74, 6) is 0.718. The maximum absolute atomic E-state index is 4.82. The molecule has 0 bridgehead atoms. The number of hydrogen-bond acceptors (Lipinski definition) is 5. The third kappa shape index (κ3) is 2.86. The Kier molecular flexibility index (Phi) is 4.01. The van der Waals surface area contributed by atoms with E-state index in [0.29, 0.717) is 0 Å². The van der Waals surface area contributed by atoms with Crippen LogP contribution in [0.4, 0.5) is 17.2 Å². The van der Waals surface area contributed by atoms with Gasteiger partial charge in [0.05, 0.1) is 5.69 Å². The van der Waals surface area contributed by atoms with Gasteiger partial charge < -0.3 is 10.6 Å². The highest BCUT2D eigenvalue weighted by atomic mass is 15.1. The third-order valence-corrected chi connectivity index (χ3v) is 4.41. The van der Waals surface area contributed by atoms with Crippen molar-refractivity contribution in [2.24, 2.45) is 0 Å². The normalized spacial score (nSPS) is 10.9. The van der Waals surface area contributed by atoms with E-state index in [1.54, 1.807) is 6.20 Å². The molecule has 0 aliphatic rings. The molecule has 0 aliphatic carbocycles. The quantitative estimate of drug-likeness (QED) is 0.581. The summed E-state index contributed by atoms with van der Waals surface area (Å²) in [7, 11) is 1.91. The van der Waals surface area contributed by atoms with Gasteiger partial charge in [-0.3, -0.25) is 9.38 Å². The van der Waals surface area contributed by atoms with Crippen molar-refractivity contribution in [1.29, 1.82) is 0 Å². The zero-order chi connectivity index (χ0) is 18.1. The Morgan fingerprint density at radius 2 is 1.96 bits per heavy atom. The molecule has 3 heterocycles. The van der Waals surface area contributed by atoms with E-state index in [1.165, 1.54) is 0 Å². The van der Waals surface area contributed by atoms with Crippen molar-refractivity contribution in [3.63, 3.8) is 0 Å². The Bertz CT molecular complexity index is 1070. The van der Waals surface area contributed by atoms with E-state index >= 15 is 0 Å². The van der Waals surface area contributed by atoms with Crippen LogP contribution in [0.5, 0.6) is 0 Å². The van der Waals surface area contributed by atoms with E-state index in [2.05, 4.69) is 50.1 Å². The molecule has 1 aromatic carbocycles. The van der Waals surface area contributed by atoms with E-state index < -0.39 is 0 Å². The van der Waals surface area contributed by atoms with E-state index in [1.807, 2.05) is 44.7 Å². The van der Waals surface area contributed by atoms with Gasteiger partial charge in [0.2, 0.25) is 0 Å². The van der Waals surface area contributed by atoms with Gasteiger partial charge in [-0.05, 0) is 43.7 Å². The Balaban J connectivity index is 1.86. The molecule has 0 aliphatic heterocycles. The van der Waals surface area contributed by atoms with E-state index in [0.717, 1.165) is 45.4 Å². The summed E-state index contributed by atoms with van der Waals surface area (Å²) >= 11 is 0. The van der Waals surface area contributed by atoms with Crippen molar-refractivity contribution in [3.8, 4) is 11.3 Å². The van der Waals surface area contributed by atoms with Crippen LogP contribution in [0.1, 0.15) is 11.3 Å². The fraction of sp³-hybridized carbons (Fsp3) is 0.150. The van der Waals surface area contributed by atoms with Crippen LogP contribution in [0.3, 0.4) is 0 Å². The molecular weight excluding hydrogens is 324 g/mol. The van der Waals surface area contributed by atoms with Gasteiger partial charge in [0.25, 0.3) is 0 Å². The SMILES string of the molecule is CNc1ccc(C)c(Nc2nc(-c3cccnc3)cn3c(C)cnc23)c1. The van der Waals surface area contributed by atoms with Gasteiger partial charge >= 0.3 is 0 Å². The number of anilines is 3. The van der Waals surface area contributed by atoms with Crippen LogP contribution in [-0.2, 0) is 0 Å². The average molecular weight is 344 g/mol. The van der Waals surface area contributed by atoms with Crippen LogP contribution >= 0.6 is 0 Å². The molecule has 130 valence electrons. The molecule has 26 heavy (non-hydrogen) atoms. The van der Waals surface area contributed by atoms with Gasteiger partial charge in [-0.25, -0.2) is 9.97 Å². The van der Waals surface area contributed by atoms with E-state index in [-0.39, 0.29) is 0 Å². The van der Waals surface area contributed by atoms with E-state index in [4.69, 9.17) is 4.98 Å². The largest absolute Gasteiger partial charge is 0.388 e. The molecule has 0 spiro atoms. The van der Waals surface area contributed by atoms with Crippen molar-refractivity contribution in [2.75, 3.05) is 17.7 Å². The minimum absolute atomic E-state index is 0.718. The first-order valence-corrected chi connectivity index (χ1v) is 8.46. The lowest BCUT2D eigenvalue weighted by atomic mass is 10.1. The lowest BCUT2D eigenvalue weighted by Gasteiger charge is -2.13. The minimum atomic E-state index is 0.718. The first kappa shape index (κ1) is 16.1. The molecule has 0 saturated heterocycles. The highest BCUT2D eigenvalue weighted by Crippen LogP contribution is 2.28. The molecule has 4 rings (SSSR count). The molecular formula is C20H20N6. The summed E-state index contributed by atoms with van der Waals surface area (Å²) in [6, 6.07) is 10.1. The van der Waals surface area contributed by atoms with Crippen LogP contribution in [0.2, 0.25) is 0 Å². The monoisotopic (exact) mass is 344 g/mol. The van der Waals surface area contributed by atoms with Crippen LogP contribution < -0.4 is 10.6 Å². The molecule has 0 amide bonds. The Morgan fingerprint density at radius 3 is 2.73 bits per heavy atom. The zero-order valence-corrected chi connectivity index (χ0v) is 15.0. The topological polar surface area (TPSA) is 67.1 Å². The predicted molar refractivity (Wildman–Crippen MR) is 105 cm³/mol. The Morgan fingerprint density at radius 1 is 1.08 bits per heavy atom. The second-order valence-corrected chi connectivity index (χ2v) is 6.21. The summed E-state index contributed by atoms with van der Waals surface area (Å²) in [6.07, 6.45) is 7.43. The zero-order valence-electron chi connectivity index (χ0n) is 15.0. The van der Waals surface area contributed by atoms with Crippen LogP contribution in [0, 0.1) is 13.8 Å². The second-order valence-electron chi connectivity index (χ2n) is 6.21. The lowest BCUT2D eigenvalue weighted by molar-refractivity contribution is 1.08. The fourth-order valence-electron chi connectivity index (χ4n) is 2.88. The van der Waals surface area contributed by atoms with Crippen LogP contribution in [0.25, 0.3) is 16.9 Å². The van der Waals surface area contributed by atoms with Crippen molar-refractivity contribution in [1.82, 2.24) is 19.4 Å². The number of fused-ring (bicyclic) bond motifs is 1. The highest BCUT2D eigenvalue weighted by molar-refractivity contribution is 5.76. The number of hydrogen-bond donors (Lipinski definition) is 2. The number of pyridine rings is 1. The Hall–Kier alpha value is -3.41. The summed E-state index contributed by atoms with van der Waals surface area (Å²) in [5, 5.41) is 6.63. The number of rotatable bonds is 4. The highest BCUT2D eigenvalue weighted by Gasteiger charge is 2.12. The van der Waals surface area contributed by atoms with Gasteiger partial charge in [-0.15, -0.1) is 0 Å². The van der Waals surface area contributed by atoms with E-state index in [9.17, 15) is 0 Å². The molecule has 0 radical (unpaired) electrons. The van der Waals surface area contributed by atoms with Gasteiger partial charge in [-0.1, -0.05) is 6.07 Å². The second kappa shape index (κ2) is 6.48. The maximum atomic E-state index is 4.82. The first-order chi connectivity index (χ1) is 12.7. The molecule has 0 unspecified atom stereocenters. The fourth-order valence-corrected chi connectivity index (χ4v) is 2.88.